The number of benzene rings is 3. The monoisotopic (exact) mass is 726 g/mol. The van der Waals surface area contributed by atoms with Crippen molar-refractivity contribution in [2.24, 2.45) is 11.3 Å². The molecule has 54 heavy (non-hydrogen) atoms. The van der Waals surface area contributed by atoms with Gasteiger partial charge in [-0.25, -0.2) is 19.6 Å². The van der Waals surface area contributed by atoms with Crippen LogP contribution in [0.2, 0.25) is 0 Å². The summed E-state index contributed by atoms with van der Waals surface area (Å²) in [6.07, 6.45) is 9.60. The number of fused-ring (bicyclic) bond motifs is 3. The molecule has 4 heterocycles. The van der Waals surface area contributed by atoms with Crippen LogP contribution in [0.25, 0.3) is 44.4 Å². The topological polar surface area (TPSA) is 116 Å². The number of likely N-dealkylation sites (tertiary alicyclic amines) is 2. The number of aromatic nitrogens is 4. The number of hydrogen-bond donors (Lipinski definition) is 2. The molecule has 9 rings (SSSR count). The second kappa shape index (κ2) is 12.5. The Kier molecular flexibility index (Phi) is 7.99. The number of ether oxygens (including phenoxy) is 2. The first-order valence-electron chi connectivity index (χ1n) is 19.5. The van der Waals surface area contributed by atoms with Gasteiger partial charge in [0.15, 0.2) is 0 Å². The predicted octanol–water partition coefficient (Wildman–Crippen LogP) is 10.2. The van der Waals surface area contributed by atoms with E-state index in [1.54, 1.807) is 0 Å². The number of aromatic amines is 2. The van der Waals surface area contributed by atoms with Crippen molar-refractivity contribution < 1.29 is 19.1 Å². The van der Waals surface area contributed by atoms with Gasteiger partial charge in [0.1, 0.15) is 22.9 Å². The Labute approximate surface area is 316 Å². The van der Waals surface area contributed by atoms with E-state index in [2.05, 4.69) is 70.6 Å². The molecule has 2 bridgehead atoms. The Morgan fingerprint density at radius 3 is 1.98 bits per heavy atom. The lowest BCUT2D eigenvalue weighted by molar-refractivity contribution is 0.00613. The number of nitrogens with one attached hydrogen (secondary N) is 2. The zero-order chi connectivity index (χ0) is 37.6. The van der Waals surface area contributed by atoms with Crippen molar-refractivity contribution in [3.8, 4) is 33.6 Å². The minimum atomic E-state index is -0.543. The highest BCUT2D eigenvalue weighted by molar-refractivity contribution is 5.90. The summed E-state index contributed by atoms with van der Waals surface area (Å²) in [4.78, 5) is 46.9. The van der Waals surface area contributed by atoms with Gasteiger partial charge < -0.3 is 19.4 Å². The molecule has 280 valence electrons. The van der Waals surface area contributed by atoms with Gasteiger partial charge in [0, 0.05) is 18.2 Å². The van der Waals surface area contributed by atoms with Crippen LogP contribution in [-0.4, -0.2) is 65.7 Å². The van der Waals surface area contributed by atoms with E-state index in [4.69, 9.17) is 19.4 Å². The Hall–Kier alpha value is -5.12. The van der Waals surface area contributed by atoms with Gasteiger partial charge in [-0.05, 0) is 131 Å². The molecule has 2 aliphatic carbocycles. The van der Waals surface area contributed by atoms with Crippen LogP contribution < -0.4 is 0 Å². The highest BCUT2D eigenvalue weighted by Gasteiger charge is 2.55. The van der Waals surface area contributed by atoms with E-state index in [1.165, 1.54) is 0 Å². The van der Waals surface area contributed by atoms with Crippen LogP contribution in [-0.2, 0) is 9.47 Å². The molecule has 4 fully saturated rings. The number of H-pyrrole nitrogens is 2. The minimum Gasteiger partial charge on any atom is -0.444 e. The first-order valence-corrected chi connectivity index (χ1v) is 19.5. The van der Waals surface area contributed by atoms with Gasteiger partial charge >= 0.3 is 12.2 Å². The number of nitrogens with zero attached hydrogens (tertiary/aromatic N) is 4. The summed E-state index contributed by atoms with van der Waals surface area (Å²) in [6.45, 7) is 12.2. The quantitative estimate of drug-likeness (QED) is 0.186. The molecular formula is C44H50N6O4. The Bertz CT molecular complexity index is 2240. The van der Waals surface area contributed by atoms with Gasteiger partial charge in [0.25, 0.3) is 0 Å². The zero-order valence-electron chi connectivity index (χ0n) is 32.1. The number of carbonyl (C=O) groups is 2. The van der Waals surface area contributed by atoms with Crippen molar-refractivity contribution in [1.82, 2.24) is 29.7 Å². The highest BCUT2D eigenvalue weighted by Crippen LogP contribution is 2.58. The molecule has 1 spiro atoms. The zero-order valence-corrected chi connectivity index (χ0v) is 32.1. The van der Waals surface area contributed by atoms with Crippen LogP contribution in [0.15, 0.2) is 73.1 Å². The third kappa shape index (κ3) is 6.54. The minimum absolute atomic E-state index is 0.0864. The second-order valence-corrected chi connectivity index (χ2v) is 18.1. The summed E-state index contributed by atoms with van der Waals surface area (Å²) in [6, 6.07) is 21.6. The van der Waals surface area contributed by atoms with E-state index in [-0.39, 0.29) is 35.7 Å². The summed E-state index contributed by atoms with van der Waals surface area (Å²) in [7, 11) is 0. The molecule has 2 aliphatic heterocycles. The molecule has 10 nitrogen and oxygen atoms in total. The van der Waals surface area contributed by atoms with Gasteiger partial charge in [-0.2, -0.15) is 0 Å². The lowest BCUT2D eigenvalue weighted by Gasteiger charge is -2.35. The largest absolute Gasteiger partial charge is 0.444 e. The smallest absolute Gasteiger partial charge is 0.411 e. The van der Waals surface area contributed by atoms with Crippen LogP contribution in [0, 0.1) is 11.3 Å². The van der Waals surface area contributed by atoms with Crippen LogP contribution in [0.1, 0.15) is 104 Å². The molecule has 3 aromatic carbocycles. The van der Waals surface area contributed by atoms with Gasteiger partial charge in [-0.15, -0.1) is 0 Å². The van der Waals surface area contributed by atoms with Gasteiger partial charge in [-0.1, -0.05) is 48.5 Å². The molecule has 4 atom stereocenters. The van der Waals surface area contributed by atoms with Crippen molar-refractivity contribution in [3.63, 3.8) is 0 Å². The SMILES string of the molecule is CC(C)(C)OC(=O)N1CC2(CC2)C[C@H]1c1ncc(-c2ccc3cc(-c4ccc(-c5cnc([C@@H]6[C@@H]7CC[C@H](C7)N6C(=O)OC(C)(C)C)[nH]5)cc4)ccc3c2)[nH]1. The van der Waals surface area contributed by atoms with E-state index >= 15 is 0 Å². The van der Waals surface area contributed by atoms with E-state index < -0.39 is 11.2 Å². The highest BCUT2D eigenvalue weighted by atomic mass is 16.6. The molecule has 2 N–H and O–H groups in total. The fourth-order valence-electron chi connectivity index (χ4n) is 8.99. The summed E-state index contributed by atoms with van der Waals surface area (Å²) >= 11 is 0. The van der Waals surface area contributed by atoms with Crippen molar-refractivity contribution >= 4 is 23.0 Å². The molecule has 5 aromatic rings. The number of hydrogen-bond acceptors (Lipinski definition) is 6. The molecule has 0 radical (unpaired) electrons. The summed E-state index contributed by atoms with van der Waals surface area (Å²) in [5, 5.41) is 2.30. The lowest BCUT2D eigenvalue weighted by atomic mass is 9.98. The molecule has 2 saturated carbocycles. The third-order valence-electron chi connectivity index (χ3n) is 11.8. The van der Waals surface area contributed by atoms with E-state index in [0.29, 0.717) is 5.92 Å². The molecule has 4 aliphatic rings. The first-order chi connectivity index (χ1) is 25.7. The maximum Gasteiger partial charge on any atom is 0.411 e. The lowest BCUT2D eigenvalue weighted by Crippen LogP contribution is -2.43. The Balaban J connectivity index is 0.900. The van der Waals surface area contributed by atoms with Crippen LogP contribution in [0.4, 0.5) is 9.59 Å². The summed E-state index contributed by atoms with van der Waals surface area (Å²) in [5.74, 6) is 2.05. The fourth-order valence-corrected chi connectivity index (χ4v) is 8.99. The standard InChI is InChI=1S/C44H50N6O4/c1-42(2,3)53-40(51)49-25-44(17-18-44)22-36(49)38-45-24-35(47-38)31-14-13-29-19-28(11-12-30(29)20-31)26-7-9-27(10-8-26)34-23-46-39(48-34)37-32-15-16-33(21-32)50(37)41(52)54-43(4,5)6/h7-14,19-20,23-24,32-33,36-37H,15-18,21-22,25H2,1-6H3,(H,45,47)(H,46,48)/t32-,33-,36+,37+/m1/s1. The molecule has 0 unspecified atom stereocenters. The van der Waals surface area contributed by atoms with Gasteiger partial charge in [0.2, 0.25) is 0 Å². The van der Waals surface area contributed by atoms with Crippen LogP contribution in [0.3, 0.4) is 0 Å². The number of piperidine rings is 1. The van der Waals surface area contributed by atoms with Crippen molar-refractivity contribution in [3.05, 3.63) is 84.7 Å². The van der Waals surface area contributed by atoms with E-state index in [0.717, 1.165) is 101 Å². The number of rotatable bonds is 5. The van der Waals surface area contributed by atoms with Crippen molar-refractivity contribution in [1.29, 1.82) is 0 Å². The molecule has 2 saturated heterocycles. The first kappa shape index (κ1) is 34.6. The van der Waals surface area contributed by atoms with E-state index in [1.807, 2.05) is 63.7 Å². The fraction of sp³-hybridized carbons (Fsp3) is 0.455. The van der Waals surface area contributed by atoms with Crippen LogP contribution >= 0.6 is 0 Å². The van der Waals surface area contributed by atoms with Crippen molar-refractivity contribution in [2.45, 2.75) is 109 Å². The summed E-state index contributed by atoms with van der Waals surface area (Å²) < 4.78 is 11.6. The second-order valence-electron chi connectivity index (χ2n) is 18.1. The normalized spacial score (nSPS) is 23.1. The Morgan fingerprint density at radius 2 is 1.30 bits per heavy atom. The molecular weight excluding hydrogens is 677 g/mol. The number of imidazole rings is 2. The molecule has 10 heteroatoms. The van der Waals surface area contributed by atoms with Gasteiger partial charge in [0.05, 0.1) is 35.9 Å². The molecule has 2 amide bonds. The van der Waals surface area contributed by atoms with E-state index in [9.17, 15) is 9.59 Å². The summed E-state index contributed by atoms with van der Waals surface area (Å²) in [5.41, 5.74) is 5.38. The van der Waals surface area contributed by atoms with Crippen molar-refractivity contribution in [2.75, 3.05) is 6.54 Å². The molecule has 2 aromatic heterocycles. The average Bonchev–Trinajstić information content (AvgIpc) is 3.74. The predicted molar refractivity (Wildman–Crippen MR) is 208 cm³/mol. The average molecular weight is 727 g/mol. The number of carbonyl (C=O) groups excluding carboxylic acids is 2. The number of amides is 2. The maximum absolute atomic E-state index is 13.2. The van der Waals surface area contributed by atoms with Crippen LogP contribution in [0.5, 0.6) is 0 Å². The maximum atomic E-state index is 13.2. The third-order valence-corrected chi connectivity index (χ3v) is 11.8. The Morgan fingerprint density at radius 1 is 0.722 bits per heavy atom. The van der Waals surface area contributed by atoms with Gasteiger partial charge in [-0.3, -0.25) is 9.80 Å².